The molecule has 23 heavy (non-hydrogen) atoms. The molecule has 2 aliphatic heterocycles. The highest BCUT2D eigenvalue weighted by atomic mass is 35.5. The van der Waals surface area contributed by atoms with Crippen molar-refractivity contribution in [2.75, 3.05) is 5.75 Å². The van der Waals surface area contributed by atoms with E-state index in [-0.39, 0.29) is 11.9 Å². The van der Waals surface area contributed by atoms with Crippen molar-refractivity contribution in [1.29, 1.82) is 0 Å². The van der Waals surface area contributed by atoms with Crippen molar-refractivity contribution in [1.82, 2.24) is 4.90 Å². The number of rotatable bonds is 2. The molecule has 1 amide bonds. The number of carbonyl (C=O) groups is 1. The van der Waals surface area contributed by atoms with Gasteiger partial charge < -0.3 is 0 Å². The molecule has 2 heterocycles. The zero-order chi connectivity index (χ0) is 15.8. The minimum atomic E-state index is -0.114. The quantitative estimate of drug-likeness (QED) is 0.813. The summed E-state index contributed by atoms with van der Waals surface area (Å²) in [5.74, 6) is 0.554. The Hall–Kier alpha value is -2.04. The molecule has 1 atom stereocenters. The fourth-order valence-corrected chi connectivity index (χ4v) is 3.81. The van der Waals surface area contributed by atoms with E-state index in [1.807, 2.05) is 60.7 Å². The Kier molecular flexibility index (Phi) is 3.71. The predicted octanol–water partition coefficient (Wildman–Crippen LogP) is 4.37. The molecule has 0 aliphatic carbocycles. The van der Waals surface area contributed by atoms with Crippen LogP contribution >= 0.6 is 23.4 Å². The van der Waals surface area contributed by atoms with Gasteiger partial charge in [0, 0.05) is 10.6 Å². The van der Waals surface area contributed by atoms with Crippen LogP contribution in [0.2, 0.25) is 5.02 Å². The van der Waals surface area contributed by atoms with Crippen molar-refractivity contribution in [2.45, 2.75) is 6.04 Å². The Balaban J connectivity index is 1.81. The molecule has 1 saturated heterocycles. The largest absolute Gasteiger partial charge is 0.279 e. The normalized spacial score (nSPS) is 20.1. The van der Waals surface area contributed by atoms with Crippen molar-refractivity contribution in [3.05, 3.63) is 76.8 Å². The summed E-state index contributed by atoms with van der Waals surface area (Å²) in [7, 11) is 0. The predicted molar refractivity (Wildman–Crippen MR) is 95.4 cm³/mol. The highest BCUT2D eigenvalue weighted by Gasteiger charge is 2.37. The van der Waals surface area contributed by atoms with Crippen molar-refractivity contribution in [3.63, 3.8) is 0 Å². The molecule has 4 rings (SSSR count). The summed E-state index contributed by atoms with van der Waals surface area (Å²) in [5.41, 5.74) is 2.97. The molecule has 0 radical (unpaired) electrons. The molecule has 0 aromatic heterocycles. The first kappa shape index (κ1) is 14.5. The second kappa shape index (κ2) is 5.87. The van der Waals surface area contributed by atoms with Crippen LogP contribution in [0.3, 0.4) is 0 Å². The van der Waals surface area contributed by atoms with E-state index in [1.165, 1.54) is 11.8 Å². The lowest BCUT2D eigenvalue weighted by Crippen LogP contribution is -2.34. The Morgan fingerprint density at radius 3 is 2.57 bits per heavy atom. The number of hydrogen-bond acceptors (Lipinski definition) is 3. The van der Waals surface area contributed by atoms with Crippen molar-refractivity contribution in [2.24, 2.45) is 4.99 Å². The zero-order valence-electron chi connectivity index (χ0n) is 12.1. The smallest absolute Gasteiger partial charge is 0.239 e. The maximum Gasteiger partial charge on any atom is 0.239 e. The van der Waals surface area contributed by atoms with Gasteiger partial charge in [-0.3, -0.25) is 9.69 Å². The van der Waals surface area contributed by atoms with Crippen LogP contribution in [-0.2, 0) is 4.79 Å². The van der Waals surface area contributed by atoms with Gasteiger partial charge in [0.15, 0.2) is 5.17 Å². The zero-order valence-corrected chi connectivity index (χ0v) is 13.7. The van der Waals surface area contributed by atoms with Crippen LogP contribution < -0.4 is 0 Å². The lowest BCUT2D eigenvalue weighted by molar-refractivity contribution is -0.125. The topological polar surface area (TPSA) is 32.7 Å². The number of amides is 1. The van der Waals surface area contributed by atoms with Gasteiger partial charge in [0.05, 0.1) is 17.5 Å². The number of nitrogens with zero attached hydrogens (tertiary/aromatic N) is 2. The van der Waals surface area contributed by atoms with E-state index in [9.17, 15) is 4.79 Å². The summed E-state index contributed by atoms with van der Waals surface area (Å²) < 4.78 is 0. The van der Waals surface area contributed by atoms with Crippen LogP contribution in [0.1, 0.15) is 17.2 Å². The monoisotopic (exact) mass is 340 g/mol. The number of fused-ring (bicyclic) bond motifs is 1. The molecule has 2 aromatic carbocycles. The third-order valence-corrected chi connectivity index (χ3v) is 5.08. The van der Waals surface area contributed by atoms with Gasteiger partial charge in [0.1, 0.15) is 0 Å². The number of thioether (sulfide) groups is 1. The summed E-state index contributed by atoms with van der Waals surface area (Å²) in [6.07, 6.45) is 2.05. The highest BCUT2D eigenvalue weighted by Crippen LogP contribution is 2.38. The van der Waals surface area contributed by atoms with Crippen LogP contribution in [0.25, 0.3) is 5.70 Å². The van der Waals surface area contributed by atoms with Gasteiger partial charge in [-0.25, -0.2) is 4.99 Å². The van der Waals surface area contributed by atoms with Crippen molar-refractivity contribution >= 4 is 40.1 Å². The number of benzene rings is 2. The minimum absolute atomic E-state index is 0.106. The van der Waals surface area contributed by atoms with E-state index in [0.717, 1.165) is 22.0 Å². The third kappa shape index (κ3) is 2.69. The van der Waals surface area contributed by atoms with Crippen LogP contribution in [0.15, 0.2) is 65.7 Å². The van der Waals surface area contributed by atoms with Crippen LogP contribution in [0.5, 0.6) is 0 Å². The van der Waals surface area contributed by atoms with Gasteiger partial charge in [-0.05, 0) is 23.8 Å². The molecule has 114 valence electrons. The molecule has 2 aliphatic rings. The lowest BCUT2D eigenvalue weighted by Gasteiger charge is -2.29. The SMILES string of the molecule is O=C1CSC2=NC(c3ccc(Cl)cc3)=C[C@H](c3ccccc3)N12. The Bertz CT molecular complexity index is 815. The maximum atomic E-state index is 12.3. The van der Waals surface area contributed by atoms with Gasteiger partial charge in [-0.2, -0.15) is 0 Å². The molecule has 0 N–H and O–H groups in total. The molecule has 0 spiro atoms. The van der Waals surface area contributed by atoms with E-state index in [2.05, 4.69) is 4.99 Å². The third-order valence-electron chi connectivity index (χ3n) is 3.89. The van der Waals surface area contributed by atoms with Gasteiger partial charge in [-0.15, -0.1) is 0 Å². The standard InChI is InChI=1S/C18H13ClN2OS/c19-14-8-6-12(7-9-14)15-10-16(13-4-2-1-3-5-13)21-17(22)11-23-18(21)20-15/h1-10,16H,11H2/t16-/m1/s1. The Morgan fingerprint density at radius 1 is 1.09 bits per heavy atom. The number of halogens is 1. The first-order chi connectivity index (χ1) is 11.2. The van der Waals surface area contributed by atoms with Crippen molar-refractivity contribution < 1.29 is 4.79 Å². The summed E-state index contributed by atoms with van der Waals surface area (Å²) in [6, 6.07) is 17.6. The minimum Gasteiger partial charge on any atom is -0.279 e. The van der Waals surface area contributed by atoms with E-state index in [0.29, 0.717) is 10.8 Å². The summed E-state index contributed by atoms with van der Waals surface area (Å²) >= 11 is 7.46. The fraction of sp³-hybridized carbons (Fsp3) is 0.111. The summed E-state index contributed by atoms with van der Waals surface area (Å²) in [4.78, 5) is 18.7. The molecular formula is C18H13ClN2OS. The summed E-state index contributed by atoms with van der Waals surface area (Å²) in [5, 5.41) is 1.47. The molecule has 0 bridgehead atoms. The molecule has 2 aromatic rings. The van der Waals surface area contributed by atoms with Gasteiger partial charge in [-0.1, -0.05) is 65.8 Å². The van der Waals surface area contributed by atoms with Crippen LogP contribution in [-0.4, -0.2) is 21.7 Å². The van der Waals surface area contributed by atoms with E-state index in [1.54, 1.807) is 4.90 Å². The Labute approximate surface area is 143 Å². The second-order valence-electron chi connectivity index (χ2n) is 5.36. The number of carbonyl (C=O) groups excluding carboxylic acids is 1. The highest BCUT2D eigenvalue weighted by molar-refractivity contribution is 8.15. The Morgan fingerprint density at radius 2 is 1.83 bits per heavy atom. The average Bonchev–Trinajstić information content (AvgIpc) is 2.97. The number of amidine groups is 1. The molecule has 1 fully saturated rings. The van der Waals surface area contributed by atoms with Crippen molar-refractivity contribution in [3.8, 4) is 0 Å². The molecule has 3 nitrogen and oxygen atoms in total. The molecule has 0 saturated carbocycles. The first-order valence-corrected chi connectivity index (χ1v) is 8.65. The number of hydrogen-bond donors (Lipinski definition) is 0. The first-order valence-electron chi connectivity index (χ1n) is 7.28. The van der Waals surface area contributed by atoms with E-state index < -0.39 is 0 Å². The average molecular weight is 341 g/mol. The maximum absolute atomic E-state index is 12.3. The lowest BCUT2D eigenvalue weighted by atomic mass is 10.0. The van der Waals surface area contributed by atoms with Crippen LogP contribution in [0, 0.1) is 0 Å². The second-order valence-corrected chi connectivity index (χ2v) is 6.74. The number of aliphatic imine (C=N–C) groups is 1. The van der Waals surface area contributed by atoms with Gasteiger partial charge >= 0.3 is 0 Å². The summed E-state index contributed by atoms with van der Waals surface area (Å²) in [6.45, 7) is 0. The van der Waals surface area contributed by atoms with Crippen LogP contribution in [0.4, 0.5) is 0 Å². The van der Waals surface area contributed by atoms with E-state index in [4.69, 9.17) is 11.6 Å². The molecule has 5 heteroatoms. The van der Waals surface area contributed by atoms with E-state index >= 15 is 0 Å². The fourth-order valence-electron chi connectivity index (χ4n) is 2.77. The molecule has 0 unspecified atom stereocenters. The molecular weight excluding hydrogens is 328 g/mol. The van der Waals surface area contributed by atoms with Gasteiger partial charge in [0.2, 0.25) is 5.91 Å². The van der Waals surface area contributed by atoms with Gasteiger partial charge in [0.25, 0.3) is 0 Å².